The average Bonchev–Trinajstić information content (AvgIpc) is 3.27. The minimum Gasteiger partial charge on any atom is -0.494 e. The molecule has 1 heterocycles. The van der Waals surface area contributed by atoms with E-state index < -0.39 is 135 Å². The first-order valence-corrected chi connectivity index (χ1v) is 22.7. The van der Waals surface area contributed by atoms with E-state index >= 15 is 0 Å². The summed E-state index contributed by atoms with van der Waals surface area (Å²) < 4.78 is 5.78. The van der Waals surface area contributed by atoms with Gasteiger partial charge in [0.2, 0.25) is 35.4 Å². The number of rotatable bonds is 30. The van der Waals surface area contributed by atoms with Crippen LogP contribution in [0.3, 0.4) is 0 Å². The van der Waals surface area contributed by atoms with Crippen LogP contribution in [0.4, 0.5) is 0 Å². The Bertz CT molecular complexity index is 2080. The van der Waals surface area contributed by atoms with Crippen molar-refractivity contribution in [1.82, 2.24) is 46.6 Å². The van der Waals surface area contributed by atoms with Crippen molar-refractivity contribution in [2.24, 2.45) is 22.4 Å². The van der Waals surface area contributed by atoms with Crippen LogP contribution in [0.25, 0.3) is 0 Å². The fourth-order valence-electron chi connectivity index (χ4n) is 6.96. The van der Waals surface area contributed by atoms with Crippen LogP contribution >= 0.6 is 0 Å². The Morgan fingerprint density at radius 1 is 0.671 bits per heavy atom. The zero-order valence-corrected chi connectivity index (χ0v) is 41.9. The normalized spacial score (nSPS) is 17.6. The summed E-state index contributed by atoms with van der Waals surface area (Å²) in [6.07, 6.45) is -0.528. The molecule has 15 N–H and O–H groups in total. The first kappa shape index (κ1) is 64.6. The molecular formula is C43H66LuN12O17. The third kappa shape index (κ3) is 27.8. The molecule has 4 atom stereocenters. The van der Waals surface area contributed by atoms with E-state index in [-0.39, 0.29) is 121 Å². The molecule has 1 aliphatic heterocycles. The second-order valence-electron chi connectivity index (χ2n) is 16.9. The van der Waals surface area contributed by atoms with Crippen LogP contribution in [0.2, 0.25) is 0 Å². The fraction of sp³-hybridized carbons (Fsp3) is 0.581. The first-order valence-electron chi connectivity index (χ1n) is 22.7. The van der Waals surface area contributed by atoms with E-state index in [4.69, 9.17) is 26.4 Å². The van der Waals surface area contributed by atoms with Crippen molar-refractivity contribution in [3.63, 3.8) is 0 Å². The van der Waals surface area contributed by atoms with E-state index in [9.17, 15) is 68.1 Å². The molecule has 30 heteroatoms. The number of amides is 6. The Hall–Kier alpha value is -6.43. The van der Waals surface area contributed by atoms with Gasteiger partial charge in [-0.2, -0.15) is 0 Å². The molecule has 1 aromatic rings. The first-order chi connectivity index (χ1) is 33.9. The summed E-state index contributed by atoms with van der Waals surface area (Å²) in [4.78, 5) is 145. The predicted molar refractivity (Wildman–Crippen MR) is 251 cm³/mol. The summed E-state index contributed by atoms with van der Waals surface area (Å²) in [5.74, 6) is -11.8. The number of aliphatic carboxylic acids is 5. The van der Waals surface area contributed by atoms with E-state index in [0.717, 1.165) is 4.90 Å². The Balaban J connectivity index is 0.0000266. The van der Waals surface area contributed by atoms with E-state index in [1.54, 1.807) is 38.1 Å². The second kappa shape index (κ2) is 34.1. The van der Waals surface area contributed by atoms with Gasteiger partial charge in [0, 0.05) is 82.6 Å². The number of aliphatic imine (C=N–C) groups is 1. The number of ether oxygens (including phenoxy) is 1. The molecule has 6 amide bonds. The summed E-state index contributed by atoms with van der Waals surface area (Å²) in [6, 6.07) is 0.739. The standard InChI is InChI=1S/C43H66N12O17.Lu/c1-25(2)38-42(71)50-28(5-3-10-47-43(44)45)39(68)48-19-31(56)49-30(18-33(58)59)40(69)51-29(41(70)52-38)17-26-6-8-27(9-7-26)72-16-4-11-46-32(57)20-54(22-35(62)63)14-12-53(21-34(60)61)13-15-55(23-36(64)65)24-37(66)67;/h6-9,25,28-30,38H,3-5,10-24H2,1-2H3,(H,46,57)(H,48,68)(H,49,56)(H,50,71)(H,51,69)(H,52,70)(H,58,59)(H,60,61)(H,62,63)(H,64,65)(H,66,67)(H4,44,45,47);/t28-,29+,30-,38-;/m0./s1/i;1+2. The topological polar surface area (TPSA) is 444 Å². The molecule has 2 rings (SSSR count). The van der Waals surface area contributed by atoms with Crippen LogP contribution in [0.5, 0.6) is 5.75 Å². The van der Waals surface area contributed by atoms with Crippen LogP contribution in [0.15, 0.2) is 29.3 Å². The minimum atomic E-state index is -1.68. The monoisotopic (exact) mass is 1200 g/mol. The maximum atomic E-state index is 13.9. The van der Waals surface area contributed by atoms with Crippen LogP contribution in [-0.4, -0.2) is 221 Å². The molecule has 1 radical (unpaired) electrons. The number of nitrogens with zero attached hydrogens (tertiary/aromatic N) is 4. The molecule has 0 aromatic heterocycles. The minimum absolute atomic E-state index is 0. The number of carbonyl (C=O) groups excluding carboxylic acids is 6. The largest absolute Gasteiger partial charge is 0.494 e. The van der Waals surface area contributed by atoms with Crippen molar-refractivity contribution in [2.75, 3.05) is 85.1 Å². The molecule has 1 fully saturated rings. The Labute approximate surface area is 448 Å². The van der Waals surface area contributed by atoms with Gasteiger partial charge in [0.1, 0.15) is 29.9 Å². The summed E-state index contributed by atoms with van der Waals surface area (Å²) >= 11 is 0. The molecular weight excluding hydrogens is 1130 g/mol. The third-order valence-corrected chi connectivity index (χ3v) is 10.5. The van der Waals surface area contributed by atoms with Gasteiger partial charge in [0.05, 0.1) is 52.3 Å². The smallest absolute Gasteiger partial charge is 0.317 e. The molecule has 415 valence electrons. The summed E-state index contributed by atoms with van der Waals surface area (Å²) in [5.41, 5.74) is 11.2. The van der Waals surface area contributed by atoms with Crippen LogP contribution in [0.1, 0.15) is 45.1 Å². The van der Waals surface area contributed by atoms with Gasteiger partial charge in [0.25, 0.3) is 0 Å². The van der Waals surface area contributed by atoms with Crippen molar-refractivity contribution in [3.8, 4) is 5.75 Å². The Morgan fingerprint density at radius 3 is 1.73 bits per heavy atom. The van der Waals surface area contributed by atoms with Crippen LogP contribution in [0, 0.1) is 42.8 Å². The maximum Gasteiger partial charge on any atom is 0.317 e. The molecule has 1 aliphatic rings. The van der Waals surface area contributed by atoms with Gasteiger partial charge >= 0.3 is 29.8 Å². The molecule has 0 unspecified atom stereocenters. The SMILES string of the molecule is CC(C)[C@@H]1NC(=O)[C@@H](Cc2ccc(OCCCNC(=O)CN(CCN(CCN(CC(=O)O)CC(=O)O)CC(=O)O)CC(=O)O)cc2)NC(=O)[C@H](CC(=O)O)NC(=O)CNC(=O)[C@H](CCCN=C(N)N)NC1=O.[177Lu]. The molecule has 1 saturated heterocycles. The molecule has 0 aliphatic carbocycles. The van der Waals surface area contributed by atoms with Gasteiger partial charge in [-0.3, -0.25) is 72.4 Å². The number of carboxylic acids is 5. The number of nitrogens with one attached hydrogen (secondary N) is 6. The molecule has 0 bridgehead atoms. The van der Waals surface area contributed by atoms with Gasteiger partial charge in [0.15, 0.2) is 5.96 Å². The van der Waals surface area contributed by atoms with Crippen LogP contribution < -0.4 is 48.1 Å². The molecule has 1 aromatic carbocycles. The molecule has 0 saturated carbocycles. The summed E-state index contributed by atoms with van der Waals surface area (Å²) in [5, 5.41) is 61.5. The fourth-order valence-corrected chi connectivity index (χ4v) is 6.96. The van der Waals surface area contributed by atoms with Gasteiger partial charge in [-0.15, -0.1) is 0 Å². The van der Waals surface area contributed by atoms with E-state index in [0.29, 0.717) is 11.3 Å². The number of nitrogens with two attached hydrogens (primary N) is 2. The van der Waals surface area contributed by atoms with Gasteiger partial charge in [-0.25, -0.2) is 0 Å². The number of hydrogen-bond donors (Lipinski definition) is 13. The molecule has 73 heavy (non-hydrogen) atoms. The second-order valence-corrected chi connectivity index (χ2v) is 16.9. The molecule has 0 spiro atoms. The number of carboxylic acid groups (broad SMARTS) is 5. The summed E-state index contributed by atoms with van der Waals surface area (Å²) in [7, 11) is 0. The van der Waals surface area contributed by atoms with Crippen molar-refractivity contribution < 1.29 is 120 Å². The van der Waals surface area contributed by atoms with E-state index in [1.165, 1.54) is 9.80 Å². The predicted octanol–water partition coefficient (Wildman–Crippen LogP) is -5.39. The van der Waals surface area contributed by atoms with Gasteiger partial charge in [-0.1, -0.05) is 26.0 Å². The third-order valence-electron chi connectivity index (χ3n) is 10.5. The van der Waals surface area contributed by atoms with Crippen molar-refractivity contribution >= 4 is 71.2 Å². The zero-order chi connectivity index (χ0) is 53.9. The van der Waals surface area contributed by atoms with Crippen LogP contribution in [-0.2, 0) is 59.2 Å². The number of hydrogen-bond acceptors (Lipinski definition) is 16. The Morgan fingerprint density at radius 2 is 1.19 bits per heavy atom. The van der Waals surface area contributed by atoms with E-state index in [1.807, 2.05) is 0 Å². The van der Waals surface area contributed by atoms with Crippen molar-refractivity contribution in [3.05, 3.63) is 29.8 Å². The quantitative estimate of drug-likeness (QED) is 0.0194. The van der Waals surface area contributed by atoms with Crippen molar-refractivity contribution in [1.29, 1.82) is 0 Å². The maximum absolute atomic E-state index is 13.9. The number of guanidine groups is 1. The average molecular weight is 1200 g/mol. The Kier molecular flexibility index (Phi) is 30.2. The van der Waals surface area contributed by atoms with E-state index in [2.05, 4.69) is 36.9 Å². The van der Waals surface area contributed by atoms with Gasteiger partial charge in [-0.05, 0) is 42.9 Å². The summed E-state index contributed by atoms with van der Waals surface area (Å²) in [6.45, 7) is -0.0748. The zero-order valence-electron chi connectivity index (χ0n) is 40.3. The molecule has 29 nitrogen and oxygen atoms in total. The van der Waals surface area contributed by atoms with Crippen molar-refractivity contribution in [2.45, 2.75) is 70.1 Å². The van der Waals surface area contributed by atoms with Gasteiger partial charge < -0.3 is 73.6 Å². The number of benzene rings is 1. The number of carbonyl (C=O) groups is 11.